The van der Waals surface area contributed by atoms with Gasteiger partial charge in [0.1, 0.15) is 6.61 Å². The smallest absolute Gasteiger partial charge is 0.454 e. The lowest BCUT2D eigenvalue weighted by molar-refractivity contribution is -0.369. The van der Waals surface area contributed by atoms with E-state index in [1.807, 2.05) is 30.3 Å². The van der Waals surface area contributed by atoms with Crippen LogP contribution < -0.4 is 0 Å². The van der Waals surface area contributed by atoms with Gasteiger partial charge in [0.05, 0.1) is 0 Å². The van der Waals surface area contributed by atoms with E-state index in [1.165, 1.54) is 0 Å². The number of rotatable bonds is 7. The van der Waals surface area contributed by atoms with Crippen LogP contribution in [0.1, 0.15) is 11.1 Å². The minimum atomic E-state index is -4.23. The Morgan fingerprint density at radius 1 is 1.29 bits per heavy atom. The zero-order valence-electron chi connectivity index (χ0n) is 12.4. The summed E-state index contributed by atoms with van der Waals surface area (Å²) >= 11 is 3.01. The first-order valence-electron chi connectivity index (χ1n) is 6.83. The fraction of sp³-hybridized carbons (Fsp3) is 0.118. The van der Waals surface area contributed by atoms with Gasteiger partial charge in [0.2, 0.25) is 0 Å². The molecule has 2 aromatic carbocycles. The summed E-state index contributed by atoms with van der Waals surface area (Å²) in [5.41, 5.74) is 1.40. The normalized spacial score (nSPS) is 11.8. The van der Waals surface area contributed by atoms with Crippen LogP contribution in [-0.2, 0) is 25.4 Å². The summed E-state index contributed by atoms with van der Waals surface area (Å²) < 4.78 is 34.4. The maximum Gasteiger partial charge on any atom is 0.483 e. The molecule has 0 atom stereocenters. The summed E-state index contributed by atoms with van der Waals surface area (Å²) in [7, 11) is 0. The number of hydrogen-bond acceptors (Lipinski definition) is 5. The average molecular weight is 352 g/mol. The highest BCUT2D eigenvalue weighted by Crippen LogP contribution is 2.24. The molecule has 0 saturated heterocycles. The summed E-state index contributed by atoms with van der Waals surface area (Å²) in [5, 5.41) is 1.86. The summed E-state index contributed by atoms with van der Waals surface area (Å²) in [6.45, 7) is 3.27. The average Bonchev–Trinajstić information content (AvgIpc) is 2.57. The predicted molar refractivity (Wildman–Crippen MR) is 89.1 cm³/mol. The first-order chi connectivity index (χ1) is 11.5. The molecule has 0 spiro atoms. The monoisotopic (exact) mass is 352 g/mol. The number of allylic oxidation sites excluding steroid dienone is 2. The Balaban J connectivity index is 2.25. The molecule has 4 nitrogen and oxygen atoms in total. The summed E-state index contributed by atoms with van der Waals surface area (Å²) in [4.78, 5) is 14.8. The Bertz CT molecular complexity index is 774. The number of carbonyl (C=O) groups is 1. The Kier molecular flexibility index (Phi) is 6.08. The molecule has 7 heteroatoms. The quantitative estimate of drug-likeness (QED) is 0.199. The van der Waals surface area contributed by atoms with E-state index in [2.05, 4.69) is 33.4 Å². The predicted octanol–water partition coefficient (Wildman–Crippen LogP) is 4.47. The van der Waals surface area contributed by atoms with E-state index in [1.54, 1.807) is 24.3 Å². The van der Waals surface area contributed by atoms with Gasteiger partial charge in [0.25, 0.3) is 0 Å². The van der Waals surface area contributed by atoms with Crippen molar-refractivity contribution in [2.24, 2.45) is 0 Å². The number of fused-ring (bicyclic) bond motifs is 1. The van der Waals surface area contributed by atoms with E-state index in [4.69, 9.17) is 0 Å². The highest BCUT2D eigenvalue weighted by molar-refractivity contribution is 7.74. The van der Waals surface area contributed by atoms with E-state index in [9.17, 15) is 13.6 Å². The molecule has 24 heavy (non-hydrogen) atoms. The fourth-order valence-electron chi connectivity index (χ4n) is 2.11. The second-order valence-corrected chi connectivity index (χ2v) is 4.90. The van der Waals surface area contributed by atoms with Gasteiger partial charge >= 0.3 is 12.1 Å². The van der Waals surface area contributed by atoms with Crippen LogP contribution in [0.3, 0.4) is 0 Å². The number of alkyl halides is 2. The van der Waals surface area contributed by atoms with Crippen molar-refractivity contribution in [2.45, 2.75) is 12.7 Å². The zero-order valence-corrected chi connectivity index (χ0v) is 13.3. The third-order valence-electron chi connectivity index (χ3n) is 3.11. The molecular formula is C17H14F2O4S. The second kappa shape index (κ2) is 8.05. The number of hydrogen-bond donors (Lipinski definition) is 1. The topological polar surface area (TPSA) is 44.8 Å². The Morgan fingerprint density at radius 3 is 2.75 bits per heavy atom. The number of halogens is 2. The third-order valence-corrected chi connectivity index (χ3v) is 3.19. The molecule has 0 bridgehead atoms. The summed E-state index contributed by atoms with van der Waals surface area (Å²) in [6, 6.07) is 11.0. The first-order valence-corrected chi connectivity index (χ1v) is 7.19. The molecule has 2 aromatic rings. The maximum atomic E-state index is 13.1. The van der Waals surface area contributed by atoms with Crippen LogP contribution in [0.2, 0.25) is 0 Å². The molecule has 0 heterocycles. The van der Waals surface area contributed by atoms with Crippen molar-refractivity contribution >= 4 is 35.7 Å². The summed E-state index contributed by atoms with van der Waals surface area (Å²) in [5.74, 6) is -1.87. The maximum absolute atomic E-state index is 13.1. The van der Waals surface area contributed by atoms with Gasteiger partial charge in [-0.15, -0.1) is 4.89 Å². The van der Waals surface area contributed by atoms with E-state index in [-0.39, 0.29) is 6.61 Å². The Labute approximate surface area is 142 Å². The van der Waals surface area contributed by atoms with Gasteiger partial charge < -0.3 is 4.74 Å². The zero-order chi connectivity index (χ0) is 17.6. The van der Waals surface area contributed by atoms with E-state index < -0.39 is 12.1 Å². The van der Waals surface area contributed by atoms with E-state index in [0.717, 1.165) is 16.3 Å². The molecule has 2 rings (SSSR count). The molecule has 0 aliphatic heterocycles. The van der Waals surface area contributed by atoms with Crippen molar-refractivity contribution in [1.82, 2.24) is 0 Å². The minimum Gasteiger partial charge on any atom is -0.454 e. The largest absolute Gasteiger partial charge is 0.483 e. The van der Waals surface area contributed by atoms with Gasteiger partial charge in [0, 0.05) is 12.9 Å². The lowest BCUT2D eigenvalue weighted by atomic mass is 10.0. The van der Waals surface area contributed by atoms with Gasteiger partial charge in [-0.3, -0.25) is 0 Å². The molecule has 0 amide bonds. The molecule has 0 fully saturated rings. The lowest BCUT2D eigenvalue weighted by Crippen LogP contribution is -2.33. The van der Waals surface area contributed by atoms with Crippen LogP contribution in [0.15, 0.2) is 55.1 Å². The van der Waals surface area contributed by atoms with Crippen LogP contribution >= 0.6 is 12.9 Å². The van der Waals surface area contributed by atoms with E-state index >= 15 is 0 Å². The van der Waals surface area contributed by atoms with Gasteiger partial charge in [-0.25, -0.2) is 4.79 Å². The van der Waals surface area contributed by atoms with Gasteiger partial charge in [-0.2, -0.15) is 13.1 Å². The van der Waals surface area contributed by atoms with E-state index in [0.29, 0.717) is 5.56 Å². The number of esters is 1. The number of benzene rings is 2. The third kappa shape index (κ3) is 4.41. The van der Waals surface area contributed by atoms with Crippen molar-refractivity contribution in [3.63, 3.8) is 0 Å². The molecule has 0 saturated carbocycles. The number of ether oxygens (including phenoxy) is 1. The van der Waals surface area contributed by atoms with Crippen LogP contribution in [0.25, 0.3) is 16.8 Å². The highest BCUT2D eigenvalue weighted by atomic mass is 32.1. The molecule has 126 valence electrons. The van der Waals surface area contributed by atoms with Gasteiger partial charge in [-0.05, 0) is 34.0 Å². The van der Waals surface area contributed by atoms with Gasteiger partial charge in [0.15, 0.2) is 0 Å². The van der Waals surface area contributed by atoms with Crippen LogP contribution in [0, 0.1) is 0 Å². The van der Waals surface area contributed by atoms with Crippen molar-refractivity contribution in [2.75, 3.05) is 0 Å². The van der Waals surface area contributed by atoms with Crippen LogP contribution in [0.5, 0.6) is 0 Å². The molecular weight excluding hydrogens is 338 g/mol. The highest BCUT2D eigenvalue weighted by Gasteiger charge is 2.44. The van der Waals surface area contributed by atoms with Crippen molar-refractivity contribution in [3.05, 3.63) is 66.3 Å². The van der Waals surface area contributed by atoms with Crippen molar-refractivity contribution in [3.8, 4) is 0 Å². The standard InChI is InChI=1S/C17H14F2O4S/c1-2-3-6-13-9-12(10-14-7-4-5-8-15(13)14)11-21-16(20)17(18,19)22-23-24/h2-10,24H,1,11H2/b6-3-. The second-order valence-electron chi connectivity index (χ2n) is 4.75. The minimum absolute atomic E-state index is 0.343. The van der Waals surface area contributed by atoms with Crippen LogP contribution in [0.4, 0.5) is 8.78 Å². The Hall–Kier alpha value is -2.22. The number of thiol groups is 1. The summed E-state index contributed by atoms with van der Waals surface area (Å²) in [6.07, 6.45) is 0.970. The fourth-order valence-corrected chi connectivity index (χ4v) is 2.20. The SMILES string of the molecule is C=C/C=C\c1cc(COC(=O)C(F)(F)OOS)cc2ccccc12. The Morgan fingerprint density at radius 2 is 2.04 bits per heavy atom. The van der Waals surface area contributed by atoms with Crippen molar-refractivity contribution in [1.29, 1.82) is 0 Å². The molecule has 0 N–H and O–H groups in total. The lowest BCUT2D eigenvalue weighted by Gasteiger charge is -2.13. The van der Waals surface area contributed by atoms with Crippen LogP contribution in [-0.4, -0.2) is 12.1 Å². The molecule has 0 radical (unpaired) electrons. The molecule has 0 aliphatic rings. The molecule has 0 aromatic heterocycles. The van der Waals surface area contributed by atoms with Crippen molar-refractivity contribution < 1.29 is 27.5 Å². The first kappa shape index (κ1) is 18.1. The number of carbonyl (C=O) groups excluding carboxylic acids is 1. The molecule has 0 aliphatic carbocycles. The molecule has 0 unspecified atom stereocenters. The van der Waals surface area contributed by atoms with Gasteiger partial charge in [-0.1, -0.05) is 49.1 Å².